The van der Waals surface area contributed by atoms with Gasteiger partial charge in [-0.15, -0.1) is 0 Å². The number of aromatic nitrogens is 3. The maximum atomic E-state index is 13.0. The summed E-state index contributed by atoms with van der Waals surface area (Å²) in [5.74, 6) is 0.984. The number of H-pyrrole nitrogens is 1. The molecule has 7 heteroatoms. The lowest BCUT2D eigenvalue weighted by atomic mass is 10.1. The predicted octanol–water partition coefficient (Wildman–Crippen LogP) is 2.11. The van der Waals surface area contributed by atoms with Gasteiger partial charge in [0, 0.05) is 43.2 Å². The average Bonchev–Trinajstić information content (AvgIpc) is 3.08. The van der Waals surface area contributed by atoms with Crippen LogP contribution in [0.3, 0.4) is 0 Å². The molecule has 1 amide bonds. The van der Waals surface area contributed by atoms with Gasteiger partial charge >= 0.3 is 0 Å². The third-order valence-corrected chi connectivity index (χ3v) is 6.87. The molecule has 2 aromatic heterocycles. The zero-order valence-corrected chi connectivity index (χ0v) is 16.9. The highest BCUT2D eigenvalue weighted by molar-refractivity contribution is 5.82. The van der Waals surface area contributed by atoms with Gasteiger partial charge in [-0.2, -0.15) is 0 Å². The van der Waals surface area contributed by atoms with Gasteiger partial charge in [0.15, 0.2) is 5.65 Å². The number of carbonyl (C=O) groups excluding carboxylic acids is 1. The second-order valence-electron chi connectivity index (χ2n) is 9.07. The van der Waals surface area contributed by atoms with Crippen molar-refractivity contribution >= 4 is 11.6 Å². The van der Waals surface area contributed by atoms with E-state index in [1.54, 1.807) is 4.52 Å². The minimum absolute atomic E-state index is 0.0151. The first kappa shape index (κ1) is 17.9. The fourth-order valence-corrected chi connectivity index (χ4v) is 4.88. The van der Waals surface area contributed by atoms with Gasteiger partial charge in [-0.05, 0) is 45.4 Å². The van der Waals surface area contributed by atoms with Crippen LogP contribution in [0.1, 0.15) is 63.0 Å². The Morgan fingerprint density at radius 2 is 2.11 bits per heavy atom. The average molecular weight is 383 g/mol. The zero-order valence-electron chi connectivity index (χ0n) is 16.9. The molecular formula is C21H29N5O2. The Bertz CT molecular complexity index is 991. The minimum atomic E-state index is 0.0151. The molecule has 0 aromatic carbocycles. The van der Waals surface area contributed by atoms with E-state index in [1.165, 1.54) is 0 Å². The molecule has 5 rings (SSSR count). The highest BCUT2D eigenvalue weighted by atomic mass is 16.2. The summed E-state index contributed by atoms with van der Waals surface area (Å²) in [5.41, 5.74) is 3.35. The Labute approximate surface area is 164 Å². The minimum Gasteiger partial charge on any atom is -0.334 e. The van der Waals surface area contributed by atoms with Crippen molar-refractivity contribution in [3.8, 4) is 0 Å². The number of hydrogen-bond donors (Lipinski definition) is 1. The lowest BCUT2D eigenvalue weighted by Crippen LogP contribution is -2.39. The van der Waals surface area contributed by atoms with E-state index < -0.39 is 0 Å². The molecule has 1 saturated carbocycles. The third kappa shape index (κ3) is 2.79. The lowest BCUT2D eigenvalue weighted by molar-refractivity contribution is -0.133. The zero-order chi connectivity index (χ0) is 19.6. The fraction of sp³-hybridized carbons (Fsp3) is 0.667. The van der Waals surface area contributed by atoms with E-state index in [-0.39, 0.29) is 23.4 Å². The Morgan fingerprint density at radius 3 is 2.82 bits per heavy atom. The summed E-state index contributed by atoms with van der Waals surface area (Å²) in [6.07, 6.45) is 3.70. The van der Waals surface area contributed by atoms with Crippen molar-refractivity contribution in [2.45, 2.75) is 65.1 Å². The van der Waals surface area contributed by atoms with Gasteiger partial charge in [0.1, 0.15) is 0 Å². The van der Waals surface area contributed by atoms with Crippen LogP contribution in [0.2, 0.25) is 0 Å². The number of rotatable bonds is 3. The van der Waals surface area contributed by atoms with Crippen LogP contribution in [0.25, 0.3) is 5.65 Å². The van der Waals surface area contributed by atoms with Crippen LogP contribution >= 0.6 is 0 Å². The maximum Gasteiger partial charge on any atom is 0.276 e. The summed E-state index contributed by atoms with van der Waals surface area (Å²) in [5, 5.41) is 3.28. The third-order valence-electron chi connectivity index (χ3n) is 6.87. The first-order valence-electron chi connectivity index (χ1n) is 10.6. The number of amides is 1. The molecule has 7 nitrogen and oxygen atoms in total. The van der Waals surface area contributed by atoms with Crippen molar-refractivity contribution in [2.75, 3.05) is 13.1 Å². The van der Waals surface area contributed by atoms with E-state index in [2.05, 4.69) is 30.8 Å². The number of carbonyl (C=O) groups is 1. The summed E-state index contributed by atoms with van der Waals surface area (Å²) < 4.78 is 1.58. The van der Waals surface area contributed by atoms with Gasteiger partial charge in [0.05, 0.1) is 17.4 Å². The van der Waals surface area contributed by atoms with Crippen LogP contribution in [0, 0.1) is 11.8 Å². The van der Waals surface area contributed by atoms with Crippen LogP contribution in [0.5, 0.6) is 0 Å². The number of fused-ring (bicyclic) bond motifs is 2. The van der Waals surface area contributed by atoms with Crippen LogP contribution in [0.15, 0.2) is 10.9 Å². The quantitative estimate of drug-likeness (QED) is 0.881. The molecule has 3 unspecified atom stereocenters. The largest absolute Gasteiger partial charge is 0.334 e. The van der Waals surface area contributed by atoms with E-state index in [0.717, 1.165) is 62.3 Å². The molecule has 1 aliphatic carbocycles. The molecule has 1 N–H and O–H groups in total. The normalized spacial score (nSPS) is 27.6. The van der Waals surface area contributed by atoms with Crippen LogP contribution in [-0.2, 0) is 17.8 Å². The molecule has 2 fully saturated rings. The molecule has 4 heterocycles. The molecular weight excluding hydrogens is 354 g/mol. The Hall–Kier alpha value is -2.15. The highest BCUT2D eigenvalue weighted by Crippen LogP contribution is 2.43. The second kappa shape index (κ2) is 6.44. The summed E-state index contributed by atoms with van der Waals surface area (Å²) >= 11 is 0. The number of likely N-dealkylation sites (tertiary alicyclic amines) is 1. The van der Waals surface area contributed by atoms with Gasteiger partial charge in [-0.25, -0.2) is 9.50 Å². The van der Waals surface area contributed by atoms with E-state index in [9.17, 15) is 9.59 Å². The molecule has 2 aliphatic heterocycles. The van der Waals surface area contributed by atoms with Gasteiger partial charge in [-0.3, -0.25) is 19.6 Å². The van der Waals surface area contributed by atoms with E-state index in [1.807, 2.05) is 11.0 Å². The Kier molecular flexibility index (Phi) is 4.12. The van der Waals surface area contributed by atoms with Gasteiger partial charge in [0.25, 0.3) is 5.56 Å². The first-order chi connectivity index (χ1) is 13.4. The summed E-state index contributed by atoms with van der Waals surface area (Å²) in [4.78, 5) is 35.1. The van der Waals surface area contributed by atoms with Crippen molar-refractivity contribution in [1.29, 1.82) is 0 Å². The van der Waals surface area contributed by atoms with Crippen LogP contribution in [-0.4, -0.2) is 49.4 Å². The Balaban J connectivity index is 1.49. The molecule has 150 valence electrons. The van der Waals surface area contributed by atoms with E-state index in [4.69, 9.17) is 4.98 Å². The molecule has 0 radical (unpaired) electrons. The topological polar surface area (TPSA) is 73.7 Å². The summed E-state index contributed by atoms with van der Waals surface area (Å²) in [6, 6.07) is 2.45. The monoisotopic (exact) mass is 383 g/mol. The van der Waals surface area contributed by atoms with Crippen molar-refractivity contribution in [3.05, 3.63) is 33.4 Å². The molecule has 1 saturated heterocycles. The van der Waals surface area contributed by atoms with Gasteiger partial charge in [0.2, 0.25) is 5.91 Å². The fourth-order valence-electron chi connectivity index (χ4n) is 4.88. The molecule has 3 atom stereocenters. The second-order valence-corrected chi connectivity index (χ2v) is 9.07. The highest BCUT2D eigenvalue weighted by Gasteiger charge is 2.44. The molecule has 0 spiro atoms. The van der Waals surface area contributed by atoms with Crippen molar-refractivity contribution in [2.24, 2.45) is 11.8 Å². The Morgan fingerprint density at radius 1 is 1.32 bits per heavy atom. The van der Waals surface area contributed by atoms with Gasteiger partial charge in [-0.1, -0.05) is 6.92 Å². The molecule has 2 aromatic rings. The standard InChI is InChI=1S/C21H29N5O2/c1-12(2)24-8-6-14-17(11-24)22-19-10-16(23-26(19)21(14)28)18-5-4-7-25(18)20(27)15-9-13(15)3/h10,12-13,15,18,23H,4-9,11H2,1-3H3. The van der Waals surface area contributed by atoms with Crippen molar-refractivity contribution in [3.63, 3.8) is 0 Å². The lowest BCUT2D eigenvalue weighted by Gasteiger charge is -2.30. The van der Waals surface area contributed by atoms with Gasteiger partial charge < -0.3 is 4.90 Å². The number of aromatic amines is 1. The van der Waals surface area contributed by atoms with Crippen LogP contribution in [0.4, 0.5) is 0 Å². The first-order valence-corrected chi connectivity index (χ1v) is 10.6. The number of nitrogens with one attached hydrogen (secondary N) is 1. The SMILES string of the molecule is CC1CC1C(=O)N1CCCC1c1cc2nc3c(c(=O)n2[nH]1)CCN(C(C)C)C3. The van der Waals surface area contributed by atoms with E-state index in [0.29, 0.717) is 17.6 Å². The van der Waals surface area contributed by atoms with Crippen LogP contribution < -0.4 is 5.56 Å². The molecule has 0 bridgehead atoms. The van der Waals surface area contributed by atoms with Crippen molar-refractivity contribution < 1.29 is 4.79 Å². The van der Waals surface area contributed by atoms with E-state index >= 15 is 0 Å². The predicted molar refractivity (Wildman–Crippen MR) is 106 cm³/mol. The van der Waals surface area contributed by atoms with Crippen molar-refractivity contribution in [1.82, 2.24) is 24.4 Å². The maximum absolute atomic E-state index is 13.0. The summed E-state index contributed by atoms with van der Waals surface area (Å²) in [7, 11) is 0. The molecule has 3 aliphatic rings. The summed E-state index contributed by atoms with van der Waals surface area (Å²) in [6.45, 7) is 8.93. The number of nitrogens with zero attached hydrogens (tertiary/aromatic N) is 4. The smallest absolute Gasteiger partial charge is 0.276 e. The molecule has 28 heavy (non-hydrogen) atoms. The number of hydrogen-bond acceptors (Lipinski definition) is 4.